The second-order valence-electron chi connectivity index (χ2n) is 4.73. The maximum absolute atomic E-state index is 8.57. The van der Waals surface area contributed by atoms with Gasteiger partial charge < -0.3 is 24.2 Å². The van der Waals surface area contributed by atoms with Gasteiger partial charge in [-0.3, -0.25) is 0 Å². The molecule has 2 aromatic rings. The van der Waals surface area contributed by atoms with Gasteiger partial charge in [-0.25, -0.2) is 0 Å². The molecule has 0 heterocycles. The number of hydrogen-bond donors (Lipinski definition) is 1. The second-order valence-corrected chi connectivity index (χ2v) is 4.73. The fourth-order valence-corrected chi connectivity index (χ4v) is 2.10. The topological polar surface area (TPSA) is 69.5 Å². The molecule has 0 saturated carbocycles. The van der Waals surface area contributed by atoms with Gasteiger partial charge in [-0.05, 0) is 37.3 Å². The number of hydrogen-bond acceptors (Lipinski definition) is 6. The molecule has 0 unspecified atom stereocenters. The van der Waals surface area contributed by atoms with E-state index in [0.717, 1.165) is 0 Å². The van der Waals surface area contributed by atoms with Crippen LogP contribution in [0.5, 0.6) is 23.0 Å². The smallest absolute Gasteiger partial charge is 0.161 e. The predicted octanol–water partition coefficient (Wildman–Crippen LogP) is 3.36. The summed E-state index contributed by atoms with van der Waals surface area (Å²) in [6.45, 7) is 3.23. The van der Waals surface area contributed by atoms with Crippen molar-refractivity contribution in [3.05, 3.63) is 48.0 Å². The fourth-order valence-electron chi connectivity index (χ4n) is 2.10. The first-order valence-electron chi connectivity index (χ1n) is 7.61. The second kappa shape index (κ2) is 9.29. The Bertz CT molecular complexity index is 672. The summed E-state index contributed by atoms with van der Waals surface area (Å²) in [4.78, 5) is 0. The van der Waals surface area contributed by atoms with E-state index in [1.807, 2.05) is 31.2 Å². The van der Waals surface area contributed by atoms with Crippen LogP contribution in [0.25, 0.3) is 0 Å². The molecular formula is C18H21NO5. The van der Waals surface area contributed by atoms with E-state index in [0.29, 0.717) is 48.4 Å². The van der Waals surface area contributed by atoms with Crippen molar-refractivity contribution in [3.63, 3.8) is 0 Å². The van der Waals surface area contributed by atoms with Crippen molar-refractivity contribution >= 4 is 6.21 Å². The molecule has 0 spiro atoms. The van der Waals surface area contributed by atoms with E-state index in [9.17, 15) is 0 Å². The third-order valence-electron chi connectivity index (χ3n) is 3.14. The Hall–Kier alpha value is -2.89. The minimum Gasteiger partial charge on any atom is -0.493 e. The van der Waals surface area contributed by atoms with Crippen molar-refractivity contribution in [3.8, 4) is 23.0 Å². The molecule has 0 radical (unpaired) electrons. The summed E-state index contributed by atoms with van der Waals surface area (Å²) in [5, 5.41) is 11.6. The van der Waals surface area contributed by atoms with Crippen LogP contribution in [0.15, 0.2) is 47.6 Å². The number of para-hydroxylation sites is 2. The lowest BCUT2D eigenvalue weighted by molar-refractivity contribution is 0.203. The van der Waals surface area contributed by atoms with Gasteiger partial charge in [0.1, 0.15) is 13.2 Å². The van der Waals surface area contributed by atoms with Crippen LogP contribution in [0.4, 0.5) is 0 Å². The standard InChI is InChI=1S/C18H21NO5/c1-3-22-15-6-4-5-7-16(15)23-10-11-24-17-9-8-14(13-19-20)12-18(17)21-2/h4-9,12-13,20H,3,10-11H2,1-2H3. The Morgan fingerprint density at radius 3 is 2.12 bits per heavy atom. The molecule has 0 atom stereocenters. The summed E-state index contributed by atoms with van der Waals surface area (Å²) >= 11 is 0. The Morgan fingerprint density at radius 2 is 1.54 bits per heavy atom. The average Bonchev–Trinajstić information content (AvgIpc) is 2.61. The Morgan fingerprint density at radius 1 is 0.917 bits per heavy atom. The Kier molecular flexibility index (Phi) is 6.76. The number of rotatable bonds is 9. The molecule has 2 rings (SSSR count). The van der Waals surface area contributed by atoms with E-state index in [-0.39, 0.29) is 0 Å². The summed E-state index contributed by atoms with van der Waals surface area (Å²) in [5.74, 6) is 2.55. The van der Waals surface area contributed by atoms with Gasteiger partial charge in [0.15, 0.2) is 23.0 Å². The van der Waals surface area contributed by atoms with Crippen molar-refractivity contribution in [1.82, 2.24) is 0 Å². The zero-order valence-corrected chi connectivity index (χ0v) is 13.8. The van der Waals surface area contributed by atoms with Gasteiger partial charge in [0.2, 0.25) is 0 Å². The zero-order chi connectivity index (χ0) is 17.2. The third-order valence-corrected chi connectivity index (χ3v) is 3.14. The SMILES string of the molecule is CCOc1ccccc1OCCOc1ccc(C=NO)cc1OC. The lowest BCUT2D eigenvalue weighted by atomic mass is 10.2. The predicted molar refractivity (Wildman–Crippen MR) is 91.0 cm³/mol. The minimum atomic E-state index is 0.351. The fraction of sp³-hybridized carbons (Fsp3) is 0.278. The summed E-state index contributed by atoms with van der Waals surface area (Å²) in [7, 11) is 1.55. The molecule has 0 aliphatic heterocycles. The van der Waals surface area contributed by atoms with Gasteiger partial charge >= 0.3 is 0 Å². The van der Waals surface area contributed by atoms with Gasteiger partial charge in [0.05, 0.1) is 19.9 Å². The normalized spacial score (nSPS) is 10.6. The molecule has 0 bridgehead atoms. The molecule has 128 valence electrons. The molecule has 0 amide bonds. The highest BCUT2D eigenvalue weighted by atomic mass is 16.5. The van der Waals surface area contributed by atoms with E-state index >= 15 is 0 Å². The first-order valence-corrected chi connectivity index (χ1v) is 7.61. The first kappa shape index (κ1) is 17.5. The van der Waals surface area contributed by atoms with Gasteiger partial charge in [0, 0.05) is 5.56 Å². The highest BCUT2D eigenvalue weighted by Gasteiger charge is 2.07. The van der Waals surface area contributed by atoms with Gasteiger partial charge in [0.25, 0.3) is 0 Å². The van der Waals surface area contributed by atoms with Crippen molar-refractivity contribution in [2.24, 2.45) is 5.16 Å². The molecule has 0 aliphatic rings. The molecular weight excluding hydrogens is 310 g/mol. The van der Waals surface area contributed by atoms with Crippen LogP contribution >= 0.6 is 0 Å². The van der Waals surface area contributed by atoms with Crippen molar-refractivity contribution < 1.29 is 24.2 Å². The highest BCUT2D eigenvalue weighted by molar-refractivity contribution is 5.80. The number of ether oxygens (including phenoxy) is 4. The maximum atomic E-state index is 8.57. The first-order chi connectivity index (χ1) is 11.8. The third kappa shape index (κ3) is 4.81. The Labute approximate surface area is 141 Å². The van der Waals surface area contributed by atoms with Gasteiger partial charge in [-0.2, -0.15) is 0 Å². The molecule has 0 aliphatic carbocycles. The lowest BCUT2D eigenvalue weighted by Gasteiger charge is -2.13. The molecule has 6 heteroatoms. The van der Waals surface area contributed by atoms with Crippen LogP contribution in [0, 0.1) is 0 Å². The van der Waals surface area contributed by atoms with Crippen LogP contribution in [0.1, 0.15) is 12.5 Å². The van der Waals surface area contributed by atoms with Crippen LogP contribution in [-0.4, -0.2) is 38.4 Å². The summed E-state index contributed by atoms with van der Waals surface area (Å²) in [5.41, 5.74) is 0.712. The molecule has 0 aromatic heterocycles. The van der Waals surface area contributed by atoms with Crippen LogP contribution in [0.3, 0.4) is 0 Å². The largest absolute Gasteiger partial charge is 0.493 e. The van der Waals surface area contributed by atoms with Gasteiger partial charge in [-0.1, -0.05) is 17.3 Å². The van der Waals surface area contributed by atoms with Crippen LogP contribution in [0.2, 0.25) is 0 Å². The van der Waals surface area contributed by atoms with Gasteiger partial charge in [-0.15, -0.1) is 0 Å². The van der Waals surface area contributed by atoms with Crippen molar-refractivity contribution in [2.75, 3.05) is 26.9 Å². The minimum absolute atomic E-state index is 0.351. The Balaban J connectivity index is 1.90. The quantitative estimate of drug-likeness (QED) is 0.330. The number of nitrogens with zero attached hydrogens (tertiary/aromatic N) is 1. The molecule has 24 heavy (non-hydrogen) atoms. The number of benzene rings is 2. The number of oxime groups is 1. The average molecular weight is 331 g/mol. The molecule has 0 fully saturated rings. The van der Waals surface area contributed by atoms with E-state index in [2.05, 4.69) is 5.16 Å². The van der Waals surface area contributed by atoms with E-state index in [1.165, 1.54) is 6.21 Å². The maximum Gasteiger partial charge on any atom is 0.161 e. The molecule has 2 aromatic carbocycles. The molecule has 1 N–H and O–H groups in total. The summed E-state index contributed by atoms with van der Waals surface area (Å²) in [6.07, 6.45) is 1.32. The number of methoxy groups -OCH3 is 1. The van der Waals surface area contributed by atoms with E-state index in [1.54, 1.807) is 25.3 Å². The lowest BCUT2D eigenvalue weighted by Crippen LogP contribution is -2.10. The van der Waals surface area contributed by atoms with Crippen LogP contribution in [-0.2, 0) is 0 Å². The molecule has 0 saturated heterocycles. The summed E-state index contributed by atoms with van der Waals surface area (Å²) < 4.78 is 22.2. The van der Waals surface area contributed by atoms with Crippen molar-refractivity contribution in [2.45, 2.75) is 6.92 Å². The summed E-state index contributed by atoms with van der Waals surface area (Å²) in [6, 6.07) is 12.8. The highest BCUT2D eigenvalue weighted by Crippen LogP contribution is 2.28. The van der Waals surface area contributed by atoms with Crippen molar-refractivity contribution in [1.29, 1.82) is 0 Å². The molecule has 6 nitrogen and oxygen atoms in total. The van der Waals surface area contributed by atoms with E-state index < -0.39 is 0 Å². The van der Waals surface area contributed by atoms with Crippen LogP contribution < -0.4 is 18.9 Å². The zero-order valence-electron chi connectivity index (χ0n) is 13.8. The van der Waals surface area contributed by atoms with E-state index in [4.69, 9.17) is 24.2 Å². The monoisotopic (exact) mass is 331 g/mol.